The van der Waals surface area contributed by atoms with Crippen LogP contribution < -0.4 is 4.74 Å². The molecule has 1 heterocycles. The Bertz CT molecular complexity index is 581. The minimum Gasteiger partial charge on any atom is -0.439 e. The molecule has 1 aromatic heterocycles. The first-order valence-electron chi connectivity index (χ1n) is 5.62. The average Bonchev–Trinajstić information content (AvgIpc) is 2.39. The third-order valence-electron chi connectivity index (χ3n) is 2.49. The summed E-state index contributed by atoms with van der Waals surface area (Å²) in [5.74, 6) is 0.649. The van der Waals surface area contributed by atoms with E-state index in [0.717, 1.165) is 0 Å². The van der Waals surface area contributed by atoms with E-state index >= 15 is 0 Å². The average molecular weight is 260 g/mol. The minimum atomic E-state index is -0.598. The van der Waals surface area contributed by atoms with E-state index in [1.165, 1.54) is 24.4 Å². The molecule has 98 valence electrons. The van der Waals surface area contributed by atoms with Crippen LogP contribution >= 0.6 is 0 Å². The number of rotatable bonds is 4. The molecule has 0 unspecified atom stereocenters. The predicted molar refractivity (Wildman–Crippen MR) is 68.0 cm³/mol. The summed E-state index contributed by atoms with van der Waals surface area (Å²) in [6, 6.07) is 9.14. The van der Waals surface area contributed by atoms with Gasteiger partial charge in [-0.2, -0.15) is 0 Å². The lowest BCUT2D eigenvalue weighted by atomic mass is 10.2. The lowest BCUT2D eigenvalue weighted by Gasteiger charge is -2.07. The van der Waals surface area contributed by atoms with Gasteiger partial charge in [0.1, 0.15) is 5.75 Å². The largest absolute Gasteiger partial charge is 0.439 e. The van der Waals surface area contributed by atoms with Gasteiger partial charge in [0.15, 0.2) is 0 Å². The second-order valence-electron chi connectivity index (χ2n) is 3.96. The molecule has 2 rings (SSSR count). The topological polar surface area (TPSA) is 85.5 Å². The second-order valence-corrected chi connectivity index (χ2v) is 3.96. The molecule has 1 aromatic carbocycles. The molecule has 0 aliphatic heterocycles. The summed E-state index contributed by atoms with van der Waals surface area (Å²) in [5.41, 5.74) is 0.629. The number of aromatic nitrogens is 1. The lowest BCUT2D eigenvalue weighted by Crippen LogP contribution is -1.94. The fourth-order valence-electron chi connectivity index (χ4n) is 1.48. The summed E-state index contributed by atoms with van der Waals surface area (Å²) in [7, 11) is 0. The molecule has 19 heavy (non-hydrogen) atoms. The number of nitro benzene ring substituents is 1. The van der Waals surface area contributed by atoms with Gasteiger partial charge in [-0.3, -0.25) is 10.1 Å². The Hall–Kier alpha value is -2.47. The molecule has 0 amide bonds. The van der Waals surface area contributed by atoms with E-state index in [4.69, 9.17) is 4.74 Å². The number of aliphatic hydroxyl groups is 1. The van der Waals surface area contributed by atoms with E-state index < -0.39 is 11.0 Å². The molecule has 0 saturated heterocycles. The van der Waals surface area contributed by atoms with Gasteiger partial charge in [0.25, 0.3) is 5.69 Å². The van der Waals surface area contributed by atoms with Crippen LogP contribution in [0.5, 0.6) is 11.6 Å². The quantitative estimate of drug-likeness (QED) is 0.674. The first-order chi connectivity index (χ1) is 9.06. The number of aliphatic hydroxyl groups excluding tert-OH is 1. The van der Waals surface area contributed by atoms with Gasteiger partial charge in [0.05, 0.1) is 17.1 Å². The van der Waals surface area contributed by atoms with Gasteiger partial charge in [-0.25, -0.2) is 4.98 Å². The smallest absolute Gasteiger partial charge is 0.273 e. The second kappa shape index (κ2) is 5.45. The molecular weight excluding hydrogens is 248 g/mol. The molecule has 6 nitrogen and oxygen atoms in total. The third-order valence-corrected chi connectivity index (χ3v) is 2.49. The van der Waals surface area contributed by atoms with Crippen molar-refractivity contribution in [1.29, 1.82) is 0 Å². The molecule has 0 spiro atoms. The molecule has 0 radical (unpaired) electrons. The van der Waals surface area contributed by atoms with Crippen molar-refractivity contribution in [3.63, 3.8) is 0 Å². The molecule has 0 aliphatic rings. The molecule has 0 aliphatic carbocycles. The Kier molecular flexibility index (Phi) is 3.72. The van der Waals surface area contributed by atoms with Crippen LogP contribution in [0.2, 0.25) is 0 Å². The van der Waals surface area contributed by atoms with Gasteiger partial charge >= 0.3 is 0 Å². The first-order valence-corrected chi connectivity index (χ1v) is 5.62. The zero-order valence-corrected chi connectivity index (χ0v) is 10.2. The van der Waals surface area contributed by atoms with Crippen molar-refractivity contribution in [2.75, 3.05) is 0 Å². The van der Waals surface area contributed by atoms with Crippen LogP contribution in [0.1, 0.15) is 18.6 Å². The van der Waals surface area contributed by atoms with E-state index in [-0.39, 0.29) is 5.69 Å². The van der Waals surface area contributed by atoms with E-state index in [1.807, 2.05) is 0 Å². The van der Waals surface area contributed by atoms with Gasteiger partial charge in [0, 0.05) is 18.3 Å². The zero-order chi connectivity index (χ0) is 13.8. The summed E-state index contributed by atoms with van der Waals surface area (Å²) in [6.45, 7) is 1.64. The van der Waals surface area contributed by atoms with Crippen molar-refractivity contribution in [2.24, 2.45) is 0 Å². The summed E-state index contributed by atoms with van der Waals surface area (Å²) in [4.78, 5) is 14.2. The van der Waals surface area contributed by atoms with Crippen LogP contribution in [0.25, 0.3) is 0 Å². The molecule has 6 heteroatoms. The lowest BCUT2D eigenvalue weighted by molar-refractivity contribution is -0.384. The third kappa shape index (κ3) is 3.26. The maximum Gasteiger partial charge on any atom is 0.273 e. The van der Waals surface area contributed by atoms with Gasteiger partial charge in [-0.15, -0.1) is 0 Å². The highest BCUT2D eigenvalue weighted by Crippen LogP contribution is 2.24. The molecule has 1 N–H and O–H groups in total. The molecule has 0 saturated carbocycles. The van der Waals surface area contributed by atoms with Crippen LogP contribution in [0.4, 0.5) is 5.69 Å². The van der Waals surface area contributed by atoms with Crippen LogP contribution in [0.3, 0.4) is 0 Å². The Morgan fingerprint density at radius 1 is 1.37 bits per heavy atom. The molecule has 2 aromatic rings. The van der Waals surface area contributed by atoms with Gasteiger partial charge in [-0.05, 0) is 24.6 Å². The number of hydrogen-bond donors (Lipinski definition) is 1. The fourth-order valence-corrected chi connectivity index (χ4v) is 1.48. The number of pyridine rings is 1. The van der Waals surface area contributed by atoms with Crippen LogP contribution in [0.15, 0.2) is 42.6 Å². The Balaban J connectivity index is 2.16. The van der Waals surface area contributed by atoms with Crippen LogP contribution in [-0.4, -0.2) is 15.0 Å². The van der Waals surface area contributed by atoms with E-state index in [2.05, 4.69) is 4.98 Å². The van der Waals surface area contributed by atoms with Crippen molar-refractivity contribution in [1.82, 2.24) is 4.98 Å². The number of nitrogens with zero attached hydrogens (tertiary/aromatic N) is 2. The number of benzene rings is 1. The summed E-state index contributed by atoms with van der Waals surface area (Å²) >= 11 is 0. The number of nitro groups is 1. The highest BCUT2D eigenvalue weighted by atomic mass is 16.6. The van der Waals surface area contributed by atoms with E-state index in [0.29, 0.717) is 17.2 Å². The Morgan fingerprint density at radius 3 is 2.74 bits per heavy atom. The SMILES string of the molecule is C[C@H](O)c1ccc(Oc2cccc([N+](=O)[O-])c2)nc1. The Labute approximate surface area is 109 Å². The van der Waals surface area contributed by atoms with Crippen LogP contribution in [0, 0.1) is 10.1 Å². The van der Waals surface area contributed by atoms with Crippen LogP contribution in [-0.2, 0) is 0 Å². The predicted octanol–water partition coefficient (Wildman–Crippen LogP) is 2.84. The summed E-state index contributed by atoms with van der Waals surface area (Å²) in [6.07, 6.45) is 0.900. The Morgan fingerprint density at radius 2 is 2.16 bits per heavy atom. The summed E-state index contributed by atoms with van der Waals surface area (Å²) in [5, 5.41) is 20.0. The molecular formula is C13H12N2O4. The summed E-state index contributed by atoms with van der Waals surface area (Å²) < 4.78 is 5.41. The zero-order valence-electron chi connectivity index (χ0n) is 10.2. The number of non-ortho nitro benzene ring substituents is 1. The van der Waals surface area contributed by atoms with Crippen molar-refractivity contribution >= 4 is 5.69 Å². The van der Waals surface area contributed by atoms with Gasteiger partial charge in [0.2, 0.25) is 5.88 Å². The fraction of sp³-hybridized carbons (Fsp3) is 0.154. The van der Waals surface area contributed by atoms with Crippen molar-refractivity contribution < 1.29 is 14.8 Å². The first kappa shape index (κ1) is 13.0. The van der Waals surface area contributed by atoms with Crippen molar-refractivity contribution in [2.45, 2.75) is 13.0 Å². The standard InChI is InChI=1S/C13H12N2O4/c1-9(16)10-5-6-13(14-8-10)19-12-4-2-3-11(7-12)15(17)18/h2-9,16H,1H3/t9-/m0/s1. The van der Waals surface area contributed by atoms with Gasteiger partial charge in [-0.1, -0.05) is 6.07 Å². The van der Waals surface area contributed by atoms with Crippen molar-refractivity contribution in [3.8, 4) is 11.6 Å². The maximum absolute atomic E-state index is 10.6. The van der Waals surface area contributed by atoms with E-state index in [9.17, 15) is 15.2 Å². The van der Waals surface area contributed by atoms with Gasteiger partial charge < -0.3 is 9.84 Å². The maximum atomic E-state index is 10.6. The minimum absolute atomic E-state index is 0.0434. The van der Waals surface area contributed by atoms with E-state index in [1.54, 1.807) is 25.1 Å². The highest BCUT2D eigenvalue weighted by molar-refractivity contribution is 5.39. The molecule has 1 atom stereocenters. The normalized spacial score (nSPS) is 11.9. The monoisotopic (exact) mass is 260 g/mol. The van der Waals surface area contributed by atoms with Crippen molar-refractivity contribution in [3.05, 3.63) is 58.3 Å². The molecule has 0 bridgehead atoms. The number of hydrogen-bond acceptors (Lipinski definition) is 5. The highest BCUT2D eigenvalue weighted by Gasteiger charge is 2.08. The molecule has 0 fully saturated rings. The number of ether oxygens (including phenoxy) is 1.